The van der Waals surface area contributed by atoms with Crippen LogP contribution >= 0.6 is 0 Å². The lowest BCUT2D eigenvalue weighted by molar-refractivity contribution is -0.384. The maximum Gasteiger partial charge on any atom is 0.336 e. The van der Waals surface area contributed by atoms with Crippen LogP contribution in [0.2, 0.25) is 0 Å². The summed E-state index contributed by atoms with van der Waals surface area (Å²) in [5.41, 5.74) is 0.215. The van der Waals surface area contributed by atoms with Crippen molar-refractivity contribution in [3.63, 3.8) is 0 Å². The number of benzene rings is 2. The quantitative estimate of drug-likeness (QED) is 0.569. The standard InChI is InChI=1S/C14H7NO5/c16-13-7-3-1-5-9(14(17)18)11(7)12-8(13)4-2-6-10(12)15(19)20/h1-6H,(H,17,18). The zero-order chi connectivity index (χ0) is 14.4. The second kappa shape index (κ2) is 3.99. The first-order chi connectivity index (χ1) is 9.52. The van der Waals surface area contributed by atoms with E-state index in [9.17, 15) is 24.8 Å². The van der Waals surface area contributed by atoms with Gasteiger partial charge in [-0.15, -0.1) is 0 Å². The molecule has 0 heterocycles. The highest BCUT2D eigenvalue weighted by Gasteiger charge is 2.35. The van der Waals surface area contributed by atoms with Gasteiger partial charge in [-0.1, -0.05) is 18.2 Å². The third-order valence-corrected chi connectivity index (χ3v) is 3.27. The predicted molar refractivity (Wildman–Crippen MR) is 68.9 cm³/mol. The number of nitro groups is 1. The molecule has 1 aliphatic carbocycles. The van der Waals surface area contributed by atoms with Crippen LogP contribution in [0.3, 0.4) is 0 Å². The van der Waals surface area contributed by atoms with Crippen LogP contribution in [0.25, 0.3) is 11.1 Å². The Balaban J connectivity index is 2.46. The first-order valence-corrected chi connectivity index (χ1v) is 5.71. The number of carboxylic acid groups (broad SMARTS) is 1. The van der Waals surface area contributed by atoms with Gasteiger partial charge in [0.05, 0.1) is 16.1 Å². The molecule has 6 nitrogen and oxygen atoms in total. The molecule has 98 valence electrons. The number of nitro benzene ring substituents is 1. The molecule has 0 aromatic heterocycles. The smallest absolute Gasteiger partial charge is 0.336 e. The van der Waals surface area contributed by atoms with E-state index >= 15 is 0 Å². The second-order valence-electron chi connectivity index (χ2n) is 4.32. The summed E-state index contributed by atoms with van der Waals surface area (Å²) in [6, 6.07) is 8.42. The van der Waals surface area contributed by atoms with Crippen LogP contribution in [0.5, 0.6) is 0 Å². The van der Waals surface area contributed by atoms with E-state index in [1.54, 1.807) is 0 Å². The summed E-state index contributed by atoms with van der Waals surface area (Å²) < 4.78 is 0. The Labute approximate surface area is 112 Å². The van der Waals surface area contributed by atoms with Gasteiger partial charge in [-0.05, 0) is 12.1 Å². The zero-order valence-corrected chi connectivity index (χ0v) is 9.99. The first-order valence-electron chi connectivity index (χ1n) is 5.71. The van der Waals surface area contributed by atoms with Crippen LogP contribution in [0.1, 0.15) is 26.3 Å². The minimum atomic E-state index is -1.22. The topological polar surface area (TPSA) is 97.5 Å². The summed E-state index contributed by atoms with van der Waals surface area (Å²) >= 11 is 0. The summed E-state index contributed by atoms with van der Waals surface area (Å²) in [5, 5.41) is 20.3. The Morgan fingerprint density at radius 3 is 2.25 bits per heavy atom. The molecule has 0 aliphatic heterocycles. The van der Waals surface area contributed by atoms with Crippen LogP contribution < -0.4 is 0 Å². The molecule has 1 aliphatic rings. The molecular weight excluding hydrogens is 262 g/mol. The maximum absolute atomic E-state index is 12.2. The summed E-state index contributed by atoms with van der Waals surface area (Å²) in [7, 11) is 0. The van der Waals surface area contributed by atoms with Crippen molar-refractivity contribution in [1.29, 1.82) is 0 Å². The zero-order valence-electron chi connectivity index (χ0n) is 9.99. The number of carbonyl (C=O) groups is 2. The van der Waals surface area contributed by atoms with E-state index in [0.717, 1.165) is 0 Å². The highest BCUT2D eigenvalue weighted by molar-refractivity contribution is 6.25. The number of nitrogens with zero attached hydrogens (tertiary/aromatic N) is 1. The number of carboxylic acids is 1. The monoisotopic (exact) mass is 269 g/mol. The first kappa shape index (κ1) is 12.0. The number of carbonyl (C=O) groups excluding carboxylic acids is 1. The fraction of sp³-hybridized carbons (Fsp3) is 0. The van der Waals surface area contributed by atoms with E-state index < -0.39 is 10.9 Å². The molecule has 0 bridgehead atoms. The van der Waals surface area contributed by atoms with E-state index in [2.05, 4.69) is 0 Å². The summed E-state index contributed by atoms with van der Waals surface area (Å²) in [4.78, 5) is 34.0. The van der Waals surface area contributed by atoms with Gasteiger partial charge in [0.2, 0.25) is 0 Å². The Kier molecular flexibility index (Phi) is 2.40. The molecule has 2 aromatic rings. The van der Waals surface area contributed by atoms with Gasteiger partial charge in [0.25, 0.3) is 5.69 Å². The second-order valence-corrected chi connectivity index (χ2v) is 4.32. The van der Waals surface area contributed by atoms with Crippen LogP contribution in [0.4, 0.5) is 5.69 Å². The third-order valence-electron chi connectivity index (χ3n) is 3.27. The van der Waals surface area contributed by atoms with Crippen LogP contribution in [0.15, 0.2) is 36.4 Å². The largest absolute Gasteiger partial charge is 0.478 e. The number of rotatable bonds is 2. The third kappa shape index (κ3) is 1.45. The molecule has 20 heavy (non-hydrogen) atoms. The SMILES string of the molecule is O=C(O)c1cccc2c1-c1c(cccc1[N+](=O)[O-])C2=O. The number of hydrogen-bond acceptors (Lipinski definition) is 4. The number of aromatic carboxylic acids is 1. The van der Waals surface area contributed by atoms with Gasteiger partial charge in [-0.25, -0.2) is 4.79 Å². The van der Waals surface area contributed by atoms with E-state index in [0.29, 0.717) is 0 Å². The van der Waals surface area contributed by atoms with Gasteiger partial charge in [-0.3, -0.25) is 14.9 Å². The number of hydrogen-bond donors (Lipinski definition) is 1. The van der Waals surface area contributed by atoms with Crippen LogP contribution in [0, 0.1) is 10.1 Å². The van der Waals surface area contributed by atoms with E-state index in [-0.39, 0.29) is 39.3 Å². The molecule has 3 rings (SSSR count). The molecule has 0 fully saturated rings. The van der Waals surface area contributed by atoms with Gasteiger partial charge in [0.1, 0.15) is 0 Å². The Morgan fingerprint density at radius 2 is 1.65 bits per heavy atom. The van der Waals surface area contributed by atoms with Crippen molar-refractivity contribution in [3.05, 3.63) is 63.2 Å². The number of fused-ring (bicyclic) bond motifs is 3. The Hall–Kier alpha value is -3.02. The van der Waals surface area contributed by atoms with Crippen molar-refractivity contribution in [2.75, 3.05) is 0 Å². The van der Waals surface area contributed by atoms with Crippen molar-refractivity contribution in [1.82, 2.24) is 0 Å². The molecule has 1 N–H and O–H groups in total. The minimum absolute atomic E-state index is 0.0931. The highest BCUT2D eigenvalue weighted by Crippen LogP contribution is 2.43. The van der Waals surface area contributed by atoms with E-state index in [1.807, 2.05) is 0 Å². The summed E-state index contributed by atoms with van der Waals surface area (Å²) in [6.07, 6.45) is 0. The molecule has 0 amide bonds. The molecule has 2 aromatic carbocycles. The van der Waals surface area contributed by atoms with Gasteiger partial charge in [0, 0.05) is 22.8 Å². The van der Waals surface area contributed by atoms with Gasteiger partial charge in [-0.2, -0.15) is 0 Å². The maximum atomic E-state index is 12.2. The molecule has 0 radical (unpaired) electrons. The fourth-order valence-corrected chi connectivity index (χ4v) is 2.48. The van der Waals surface area contributed by atoms with E-state index in [1.165, 1.54) is 36.4 Å². The molecule has 0 spiro atoms. The normalized spacial score (nSPS) is 11.9. The Bertz CT molecular complexity index is 729. The lowest BCUT2D eigenvalue weighted by atomic mass is 9.98. The lowest BCUT2D eigenvalue weighted by Crippen LogP contribution is -2.01. The number of ketones is 1. The van der Waals surface area contributed by atoms with Crippen molar-refractivity contribution in [2.45, 2.75) is 0 Å². The predicted octanol–water partition coefficient (Wildman–Crippen LogP) is 2.50. The molecule has 6 heteroatoms. The Morgan fingerprint density at radius 1 is 1.05 bits per heavy atom. The molecule has 0 unspecified atom stereocenters. The van der Waals surface area contributed by atoms with Gasteiger partial charge in [0.15, 0.2) is 5.78 Å². The minimum Gasteiger partial charge on any atom is -0.478 e. The molecule has 0 saturated carbocycles. The van der Waals surface area contributed by atoms with E-state index in [4.69, 9.17) is 0 Å². The average molecular weight is 269 g/mol. The van der Waals surface area contributed by atoms with Gasteiger partial charge < -0.3 is 5.11 Å². The summed E-state index contributed by atoms with van der Waals surface area (Å²) in [6.45, 7) is 0. The summed E-state index contributed by atoms with van der Waals surface area (Å²) in [5.74, 6) is -1.61. The van der Waals surface area contributed by atoms with Crippen molar-refractivity contribution in [2.24, 2.45) is 0 Å². The van der Waals surface area contributed by atoms with Crippen molar-refractivity contribution in [3.8, 4) is 11.1 Å². The molecule has 0 atom stereocenters. The van der Waals surface area contributed by atoms with Crippen LogP contribution in [-0.2, 0) is 0 Å². The molecular formula is C14H7NO5. The van der Waals surface area contributed by atoms with Crippen molar-refractivity contribution < 1.29 is 19.6 Å². The highest BCUT2D eigenvalue weighted by atomic mass is 16.6. The van der Waals surface area contributed by atoms with Gasteiger partial charge >= 0.3 is 5.97 Å². The lowest BCUT2D eigenvalue weighted by Gasteiger charge is -2.05. The fourth-order valence-electron chi connectivity index (χ4n) is 2.48. The van der Waals surface area contributed by atoms with Crippen molar-refractivity contribution >= 4 is 17.4 Å². The molecule has 0 saturated heterocycles. The van der Waals surface area contributed by atoms with Crippen LogP contribution in [-0.4, -0.2) is 21.8 Å². The average Bonchev–Trinajstić information content (AvgIpc) is 2.72.